The summed E-state index contributed by atoms with van der Waals surface area (Å²) in [6.07, 6.45) is 0. The van der Waals surface area contributed by atoms with Crippen LogP contribution in [0.25, 0.3) is 76.8 Å². The Bertz CT molecular complexity index is 4220. The van der Waals surface area contributed by atoms with Gasteiger partial charge in [-0.15, -0.1) is 0 Å². The van der Waals surface area contributed by atoms with Gasteiger partial charge in [0.15, 0.2) is 11.6 Å². The highest BCUT2D eigenvalue weighted by molar-refractivity contribution is 6.28. The van der Waals surface area contributed by atoms with E-state index >= 15 is 8.78 Å². The standard InChI is InChI=1S/C68H50F2N2/c1-43-15-23-47(24-16-43)55-37-39-57(49-27-19-45(3)20-28-49)67(65(55)69)71(53-11-7-5-8-12-53)61-41-33-51-32-36-60-62(42-34-52-31-35-59(61)63(51)64(52)60)72(54-13-9-6-10-14-54)68-58(50-29-21-46(4)22-30-50)40-38-56(66(68)70)48-25-17-44(2)18-26-48/h5-42H,1-4H3/i5D,6D,7D,8D,9D,10D,11D,12D,13D,14D. The average Bonchev–Trinajstić information content (AvgIpc) is 1.37. The maximum Gasteiger partial charge on any atom is 0.155 e. The minimum atomic E-state index is -0.713. The molecule has 0 heterocycles. The van der Waals surface area contributed by atoms with E-state index < -0.39 is 72.1 Å². The molecule has 0 aliphatic heterocycles. The average molecular weight is 943 g/mol. The van der Waals surface area contributed by atoms with Gasteiger partial charge in [-0.1, -0.05) is 216 Å². The molecule has 0 saturated carbocycles. The smallest absolute Gasteiger partial charge is 0.155 e. The summed E-state index contributed by atoms with van der Waals surface area (Å²) in [6.45, 7) is 7.74. The zero-order valence-electron chi connectivity index (χ0n) is 49.8. The molecule has 12 aromatic carbocycles. The van der Waals surface area contributed by atoms with Crippen molar-refractivity contribution >= 4 is 66.4 Å². The van der Waals surface area contributed by atoms with Gasteiger partial charge in [0.25, 0.3) is 0 Å². The van der Waals surface area contributed by atoms with Gasteiger partial charge in [0.2, 0.25) is 0 Å². The summed E-state index contributed by atoms with van der Waals surface area (Å²) in [4.78, 5) is 2.88. The molecule has 12 rings (SSSR count). The van der Waals surface area contributed by atoms with E-state index in [0.29, 0.717) is 65.7 Å². The molecule has 346 valence electrons. The number of rotatable bonds is 10. The zero-order valence-corrected chi connectivity index (χ0v) is 39.8. The van der Waals surface area contributed by atoms with Gasteiger partial charge >= 0.3 is 0 Å². The highest BCUT2D eigenvalue weighted by Crippen LogP contribution is 2.52. The molecule has 0 radical (unpaired) electrons. The van der Waals surface area contributed by atoms with E-state index in [4.69, 9.17) is 8.22 Å². The predicted molar refractivity (Wildman–Crippen MR) is 300 cm³/mol. The SMILES string of the molecule is [2H]c1c([2H])c([2H])c(N(c2c(-c3ccc(C)cc3)ccc(-c3ccc(C)cc3)c2F)c2ccc3ccc4c(N(c5c([2H])c([2H])c([2H])c([2H])c5[2H])c5c(-c6ccc(C)cc6)ccc(-c6ccc(C)cc6)c5F)ccc5ccc2c3c54)c([2H])c1[2H]. The predicted octanol–water partition coefficient (Wildman–Crippen LogP) is 19.7. The molecule has 0 saturated heterocycles. The number of benzene rings is 12. The maximum atomic E-state index is 18.6. The third kappa shape index (κ3) is 7.73. The first kappa shape index (κ1) is 34.4. The number of hydrogen-bond acceptors (Lipinski definition) is 2. The van der Waals surface area contributed by atoms with Gasteiger partial charge in [0.05, 0.1) is 36.5 Å². The van der Waals surface area contributed by atoms with Crippen LogP contribution in [0.5, 0.6) is 0 Å². The van der Waals surface area contributed by atoms with Crippen molar-refractivity contribution < 1.29 is 22.5 Å². The normalized spacial score (nSPS) is 13.4. The summed E-state index contributed by atoms with van der Waals surface area (Å²) >= 11 is 0. The molecule has 0 aliphatic carbocycles. The molecule has 4 heteroatoms. The number of anilines is 6. The van der Waals surface area contributed by atoms with Gasteiger partial charge in [-0.2, -0.15) is 0 Å². The number of para-hydroxylation sites is 2. The van der Waals surface area contributed by atoms with Gasteiger partial charge in [-0.05, 0) is 108 Å². The second-order valence-electron chi connectivity index (χ2n) is 18.3. The van der Waals surface area contributed by atoms with Crippen LogP contribution >= 0.6 is 0 Å². The first-order valence-corrected chi connectivity index (χ1v) is 23.7. The Hall–Kier alpha value is -8.86. The van der Waals surface area contributed by atoms with Crippen LogP contribution in [-0.4, -0.2) is 0 Å². The number of halogens is 2. The van der Waals surface area contributed by atoms with Gasteiger partial charge in [0, 0.05) is 44.4 Å². The fraction of sp³-hybridized carbons (Fsp3) is 0.0588. The molecule has 72 heavy (non-hydrogen) atoms. The molecular weight excluding hydrogens is 883 g/mol. The van der Waals surface area contributed by atoms with Crippen molar-refractivity contribution in [3.8, 4) is 44.5 Å². The fourth-order valence-electron chi connectivity index (χ4n) is 9.99. The third-order valence-electron chi connectivity index (χ3n) is 13.7. The molecule has 2 nitrogen and oxygen atoms in total. The topological polar surface area (TPSA) is 6.48 Å². The van der Waals surface area contributed by atoms with E-state index in [1.807, 2.05) is 161 Å². The van der Waals surface area contributed by atoms with Crippen molar-refractivity contribution in [2.45, 2.75) is 27.7 Å². The van der Waals surface area contributed by atoms with Gasteiger partial charge < -0.3 is 9.80 Å². The molecule has 0 spiro atoms. The van der Waals surface area contributed by atoms with Crippen molar-refractivity contribution in [1.29, 1.82) is 0 Å². The van der Waals surface area contributed by atoms with Crippen LogP contribution in [0.1, 0.15) is 36.0 Å². The van der Waals surface area contributed by atoms with Crippen molar-refractivity contribution in [2.24, 2.45) is 0 Å². The monoisotopic (exact) mass is 942 g/mol. The molecule has 0 atom stereocenters. The minimum absolute atomic E-state index is 0.0730. The molecule has 0 amide bonds. The van der Waals surface area contributed by atoms with Crippen LogP contribution in [0.3, 0.4) is 0 Å². The summed E-state index contributed by atoms with van der Waals surface area (Å²) in [7, 11) is 0. The molecule has 12 aromatic rings. The Morgan fingerprint density at radius 1 is 0.319 bits per heavy atom. The van der Waals surface area contributed by atoms with Crippen molar-refractivity contribution in [3.05, 3.63) is 264 Å². The van der Waals surface area contributed by atoms with E-state index in [1.54, 1.807) is 36.4 Å². The van der Waals surface area contributed by atoms with Crippen LogP contribution in [0.15, 0.2) is 230 Å². The first-order chi connectivity index (χ1) is 39.3. The highest BCUT2D eigenvalue weighted by Gasteiger charge is 2.29. The van der Waals surface area contributed by atoms with Gasteiger partial charge in [-0.3, -0.25) is 0 Å². The minimum Gasteiger partial charge on any atom is -0.307 e. The van der Waals surface area contributed by atoms with Crippen LogP contribution < -0.4 is 9.80 Å². The molecule has 0 bridgehead atoms. The third-order valence-corrected chi connectivity index (χ3v) is 13.7. The Morgan fingerprint density at radius 3 is 0.944 bits per heavy atom. The van der Waals surface area contributed by atoms with E-state index in [2.05, 4.69) is 0 Å². The molecular formula is C68H50F2N2. The first-order valence-electron chi connectivity index (χ1n) is 28.7. The van der Waals surface area contributed by atoms with Gasteiger partial charge in [0.1, 0.15) is 0 Å². The number of aryl methyl sites for hydroxylation is 4. The van der Waals surface area contributed by atoms with Crippen LogP contribution in [-0.2, 0) is 0 Å². The lowest BCUT2D eigenvalue weighted by atomic mass is 9.90. The number of nitrogens with zero attached hydrogens (tertiary/aromatic N) is 2. The van der Waals surface area contributed by atoms with E-state index in [-0.39, 0.29) is 45.3 Å². The maximum absolute atomic E-state index is 18.6. The largest absolute Gasteiger partial charge is 0.307 e. The van der Waals surface area contributed by atoms with E-state index in [9.17, 15) is 5.48 Å². The molecule has 0 unspecified atom stereocenters. The summed E-state index contributed by atoms with van der Waals surface area (Å²) in [5, 5.41) is 3.57. The van der Waals surface area contributed by atoms with E-state index in [1.165, 1.54) is 9.80 Å². The van der Waals surface area contributed by atoms with Crippen LogP contribution in [0.2, 0.25) is 0 Å². The highest BCUT2D eigenvalue weighted by atomic mass is 19.1. The summed E-state index contributed by atoms with van der Waals surface area (Å²) in [6, 6.07) is 45.3. The Balaban J connectivity index is 1.21. The number of hydrogen-bond donors (Lipinski definition) is 0. The molecule has 0 fully saturated rings. The summed E-state index contributed by atoms with van der Waals surface area (Å²) in [5.41, 5.74) is 7.10. The Morgan fingerprint density at radius 2 is 0.611 bits per heavy atom. The second-order valence-corrected chi connectivity index (χ2v) is 18.3. The molecule has 0 aliphatic rings. The quantitative estimate of drug-likeness (QED) is 0.126. The van der Waals surface area contributed by atoms with Crippen molar-refractivity contribution in [2.75, 3.05) is 9.80 Å². The van der Waals surface area contributed by atoms with Crippen LogP contribution in [0, 0.1) is 39.3 Å². The zero-order chi connectivity index (χ0) is 57.7. The lowest BCUT2D eigenvalue weighted by molar-refractivity contribution is 0.632. The lowest BCUT2D eigenvalue weighted by Crippen LogP contribution is -2.15. The van der Waals surface area contributed by atoms with Crippen LogP contribution in [0.4, 0.5) is 42.9 Å². The van der Waals surface area contributed by atoms with Crippen molar-refractivity contribution in [3.63, 3.8) is 0 Å². The lowest BCUT2D eigenvalue weighted by Gasteiger charge is -2.32. The Kier molecular flexibility index (Phi) is 8.68. The summed E-state index contributed by atoms with van der Waals surface area (Å²) < 4.78 is 129. The van der Waals surface area contributed by atoms with Crippen molar-refractivity contribution in [1.82, 2.24) is 0 Å². The van der Waals surface area contributed by atoms with Gasteiger partial charge in [-0.25, -0.2) is 8.78 Å². The molecule has 0 N–H and O–H groups in total. The molecule has 0 aromatic heterocycles. The second kappa shape index (κ2) is 18.1. The Labute approximate surface area is 433 Å². The van der Waals surface area contributed by atoms with E-state index in [0.717, 1.165) is 22.3 Å². The summed E-state index contributed by atoms with van der Waals surface area (Å²) in [5.74, 6) is -1.43. The fourth-order valence-corrected chi connectivity index (χ4v) is 9.99.